The van der Waals surface area contributed by atoms with Gasteiger partial charge in [0.1, 0.15) is 5.75 Å². The molecule has 9 heteroatoms. The van der Waals surface area contributed by atoms with Gasteiger partial charge in [0.25, 0.3) is 5.69 Å². The number of nitro groups is 1. The Balaban J connectivity index is 2.40. The number of phenolic OH excluding ortho intramolecular Hbond substituents is 1. The predicted octanol–water partition coefficient (Wildman–Crippen LogP) is 3.89. The lowest BCUT2D eigenvalue weighted by atomic mass is 10.0. The summed E-state index contributed by atoms with van der Waals surface area (Å²) in [6.07, 6.45) is 1.35. The molecule has 0 saturated carbocycles. The van der Waals surface area contributed by atoms with Crippen LogP contribution >= 0.6 is 27.3 Å². The predicted molar refractivity (Wildman–Crippen MR) is 90.0 cm³/mol. The van der Waals surface area contributed by atoms with E-state index in [1.807, 2.05) is 12.3 Å². The molecule has 1 aromatic heterocycles. The molecule has 0 amide bonds. The molecule has 22 heavy (non-hydrogen) atoms. The Hall–Kier alpha value is -2.00. The zero-order valence-corrected chi connectivity index (χ0v) is 14.4. The van der Waals surface area contributed by atoms with Crippen LogP contribution in [0.5, 0.6) is 5.75 Å². The Morgan fingerprint density at radius 3 is 2.68 bits per heavy atom. The number of nitrogens with one attached hydrogen (secondary N) is 1. The van der Waals surface area contributed by atoms with Gasteiger partial charge in [-0.3, -0.25) is 15.5 Å². The normalized spacial score (nSPS) is 11.1. The van der Waals surface area contributed by atoms with Crippen LogP contribution in [0.1, 0.15) is 22.4 Å². The molecule has 1 heterocycles. The fraction of sp³-hybridized carbons (Fsp3) is 0.231. The van der Waals surface area contributed by atoms with Crippen LogP contribution < -0.4 is 5.43 Å². The summed E-state index contributed by atoms with van der Waals surface area (Å²) in [6.45, 7) is 5.01. The zero-order valence-electron chi connectivity index (χ0n) is 12.0. The standard InChI is InChI=1S/C13H13BrN4O3S/c1-6-5-22-13(16-6)17-15-4-9-7(2)11(18(20)21)8(3)10(14)12(9)19/h4-5,19H,1-3H3,(H,16,17). The summed E-state index contributed by atoms with van der Waals surface area (Å²) in [4.78, 5) is 14.9. The lowest BCUT2D eigenvalue weighted by Crippen LogP contribution is -2.02. The Labute approximate surface area is 139 Å². The van der Waals surface area contributed by atoms with Gasteiger partial charge in [-0.2, -0.15) is 5.10 Å². The van der Waals surface area contributed by atoms with E-state index in [1.54, 1.807) is 13.8 Å². The average molecular weight is 385 g/mol. The van der Waals surface area contributed by atoms with Crippen molar-refractivity contribution in [3.63, 3.8) is 0 Å². The number of hydrogen-bond donors (Lipinski definition) is 2. The van der Waals surface area contributed by atoms with Crippen molar-refractivity contribution in [1.82, 2.24) is 4.98 Å². The van der Waals surface area contributed by atoms with Gasteiger partial charge in [0.2, 0.25) is 5.13 Å². The molecule has 0 saturated heterocycles. The van der Waals surface area contributed by atoms with Gasteiger partial charge in [-0.25, -0.2) is 4.98 Å². The third-order valence-electron chi connectivity index (χ3n) is 3.06. The second-order valence-corrected chi connectivity index (χ2v) is 6.25. The maximum atomic E-state index is 11.2. The SMILES string of the molecule is Cc1csc(NN=Cc2c(C)c([N+](=O)[O-])c(C)c(Br)c2O)n1. The summed E-state index contributed by atoms with van der Waals surface area (Å²) < 4.78 is 0.288. The lowest BCUT2D eigenvalue weighted by Gasteiger charge is -2.10. The molecule has 0 aliphatic rings. The van der Waals surface area contributed by atoms with Gasteiger partial charge in [0, 0.05) is 22.1 Å². The maximum Gasteiger partial charge on any atom is 0.277 e. The maximum absolute atomic E-state index is 11.2. The van der Waals surface area contributed by atoms with Gasteiger partial charge in [0.15, 0.2) is 0 Å². The van der Waals surface area contributed by atoms with Crippen molar-refractivity contribution in [2.24, 2.45) is 5.10 Å². The van der Waals surface area contributed by atoms with E-state index in [0.717, 1.165) is 5.69 Å². The van der Waals surface area contributed by atoms with Gasteiger partial charge in [-0.1, -0.05) is 0 Å². The van der Waals surface area contributed by atoms with Crippen molar-refractivity contribution < 1.29 is 10.0 Å². The van der Waals surface area contributed by atoms with E-state index in [4.69, 9.17) is 0 Å². The molecule has 0 bridgehead atoms. The van der Waals surface area contributed by atoms with Crippen LogP contribution in [0.2, 0.25) is 0 Å². The molecule has 1 aromatic carbocycles. The van der Waals surface area contributed by atoms with Crippen LogP contribution in [0.4, 0.5) is 10.8 Å². The quantitative estimate of drug-likeness (QED) is 0.472. The number of hydrogen-bond acceptors (Lipinski definition) is 7. The fourth-order valence-electron chi connectivity index (χ4n) is 1.98. The van der Waals surface area contributed by atoms with E-state index in [9.17, 15) is 15.2 Å². The summed E-state index contributed by atoms with van der Waals surface area (Å²) >= 11 is 4.57. The van der Waals surface area contributed by atoms with Gasteiger partial charge in [0.05, 0.1) is 21.3 Å². The third-order valence-corrected chi connectivity index (χ3v) is 4.90. The molecule has 0 unspecified atom stereocenters. The molecule has 2 N–H and O–H groups in total. The summed E-state index contributed by atoms with van der Waals surface area (Å²) in [5, 5.41) is 27.8. The van der Waals surface area contributed by atoms with Crippen molar-refractivity contribution >= 4 is 44.3 Å². The first-order valence-electron chi connectivity index (χ1n) is 6.20. The van der Waals surface area contributed by atoms with E-state index in [1.165, 1.54) is 17.6 Å². The largest absolute Gasteiger partial charge is 0.506 e. The highest BCUT2D eigenvalue weighted by molar-refractivity contribution is 9.10. The molecule has 0 spiro atoms. The number of aryl methyl sites for hydroxylation is 1. The topological polar surface area (TPSA) is 101 Å². The van der Waals surface area contributed by atoms with Crippen LogP contribution in [0.3, 0.4) is 0 Å². The minimum Gasteiger partial charge on any atom is -0.506 e. The second kappa shape index (κ2) is 6.41. The van der Waals surface area contributed by atoms with E-state index < -0.39 is 4.92 Å². The molecule has 0 radical (unpaired) electrons. The molecular weight excluding hydrogens is 372 g/mol. The monoisotopic (exact) mass is 384 g/mol. The number of thiazole rings is 1. The first kappa shape index (κ1) is 16.4. The molecule has 0 aliphatic carbocycles. The first-order valence-corrected chi connectivity index (χ1v) is 7.87. The van der Waals surface area contributed by atoms with Crippen molar-refractivity contribution in [1.29, 1.82) is 0 Å². The Kier molecular flexibility index (Phi) is 4.77. The van der Waals surface area contributed by atoms with Crippen LogP contribution in [0.15, 0.2) is 15.0 Å². The minimum absolute atomic E-state index is 0.0452. The van der Waals surface area contributed by atoms with Gasteiger partial charge in [-0.15, -0.1) is 11.3 Å². The number of halogens is 1. The molecule has 0 fully saturated rings. The van der Waals surface area contributed by atoms with Crippen molar-refractivity contribution in [2.75, 3.05) is 5.43 Å². The number of aromatic hydroxyl groups is 1. The summed E-state index contributed by atoms with van der Waals surface area (Å²) in [6, 6.07) is 0. The number of benzene rings is 1. The number of aromatic nitrogens is 1. The molecule has 2 rings (SSSR count). The molecule has 0 aliphatic heterocycles. The highest BCUT2D eigenvalue weighted by atomic mass is 79.9. The number of phenols is 1. The highest BCUT2D eigenvalue weighted by Crippen LogP contribution is 2.39. The van der Waals surface area contributed by atoms with Crippen molar-refractivity contribution in [2.45, 2.75) is 20.8 Å². The Morgan fingerprint density at radius 2 is 2.14 bits per heavy atom. The van der Waals surface area contributed by atoms with E-state index >= 15 is 0 Å². The Morgan fingerprint density at radius 1 is 1.45 bits per heavy atom. The summed E-state index contributed by atoms with van der Waals surface area (Å²) in [5.74, 6) is -0.0820. The summed E-state index contributed by atoms with van der Waals surface area (Å²) in [5.41, 5.74) is 4.57. The average Bonchev–Trinajstić information content (AvgIpc) is 2.85. The highest BCUT2D eigenvalue weighted by Gasteiger charge is 2.24. The van der Waals surface area contributed by atoms with Crippen LogP contribution in [0, 0.1) is 30.9 Å². The lowest BCUT2D eigenvalue weighted by molar-refractivity contribution is -0.386. The number of hydrazone groups is 1. The minimum atomic E-state index is -0.468. The van der Waals surface area contributed by atoms with Gasteiger partial charge >= 0.3 is 0 Å². The number of nitro benzene ring substituents is 1. The van der Waals surface area contributed by atoms with Gasteiger partial charge in [-0.05, 0) is 36.7 Å². The number of rotatable bonds is 4. The van der Waals surface area contributed by atoms with E-state index in [-0.39, 0.29) is 21.5 Å². The van der Waals surface area contributed by atoms with Crippen molar-refractivity contribution in [3.05, 3.63) is 42.4 Å². The van der Waals surface area contributed by atoms with E-state index in [2.05, 4.69) is 31.4 Å². The number of anilines is 1. The summed E-state index contributed by atoms with van der Waals surface area (Å²) in [7, 11) is 0. The first-order chi connectivity index (χ1) is 10.3. The van der Waals surface area contributed by atoms with Crippen molar-refractivity contribution in [3.8, 4) is 5.75 Å². The van der Waals surface area contributed by atoms with Gasteiger partial charge < -0.3 is 5.11 Å². The third kappa shape index (κ3) is 3.09. The molecule has 2 aromatic rings. The van der Waals surface area contributed by atoms with Crippen LogP contribution in [-0.4, -0.2) is 21.2 Å². The second-order valence-electron chi connectivity index (χ2n) is 4.60. The molecule has 0 atom stereocenters. The molecule has 116 valence electrons. The number of nitrogens with zero attached hydrogens (tertiary/aromatic N) is 3. The molecular formula is C13H13BrN4O3S. The zero-order chi connectivity index (χ0) is 16.4. The fourth-order valence-corrected chi connectivity index (χ4v) is 3.01. The van der Waals surface area contributed by atoms with Crippen LogP contribution in [0.25, 0.3) is 0 Å². The van der Waals surface area contributed by atoms with Crippen LogP contribution in [-0.2, 0) is 0 Å². The Bertz CT molecular complexity index is 773. The molecule has 7 nitrogen and oxygen atoms in total. The smallest absolute Gasteiger partial charge is 0.277 e. The van der Waals surface area contributed by atoms with E-state index in [0.29, 0.717) is 16.3 Å².